The maximum Gasteiger partial charge on any atom is 0.234 e. The number of rotatable bonds is 5. The first-order valence-corrected chi connectivity index (χ1v) is 11.1. The van der Waals surface area contributed by atoms with Crippen LogP contribution in [0.4, 0.5) is 5.69 Å². The van der Waals surface area contributed by atoms with Gasteiger partial charge in [-0.3, -0.25) is 9.59 Å². The number of benzene rings is 1. The molecule has 0 aliphatic heterocycles. The number of ketones is 1. The number of hydrogen-bond acceptors (Lipinski definition) is 6. The van der Waals surface area contributed by atoms with Crippen LogP contribution in [0, 0.1) is 6.92 Å². The van der Waals surface area contributed by atoms with Crippen molar-refractivity contribution in [1.29, 1.82) is 0 Å². The van der Waals surface area contributed by atoms with E-state index in [1.165, 1.54) is 42.0 Å². The van der Waals surface area contributed by atoms with Gasteiger partial charge in [-0.05, 0) is 57.2 Å². The molecule has 4 rings (SSSR count). The lowest BCUT2D eigenvalue weighted by Crippen LogP contribution is -2.16. The number of anilines is 1. The molecule has 0 fully saturated rings. The number of amides is 1. The van der Waals surface area contributed by atoms with Gasteiger partial charge in [-0.25, -0.2) is 9.97 Å². The maximum absolute atomic E-state index is 12.5. The summed E-state index contributed by atoms with van der Waals surface area (Å²) in [5, 5.41) is 4.88. The van der Waals surface area contributed by atoms with Crippen LogP contribution in [0.5, 0.6) is 0 Å². The van der Waals surface area contributed by atoms with Gasteiger partial charge in [-0.15, -0.1) is 11.3 Å². The molecule has 1 aliphatic rings. The molecular formula is C21H21N3O2S2. The van der Waals surface area contributed by atoms with Gasteiger partial charge in [0.1, 0.15) is 15.7 Å². The third-order valence-corrected chi connectivity index (χ3v) is 6.97. The molecule has 1 amide bonds. The molecule has 2 aromatic heterocycles. The normalized spacial score (nSPS) is 13.4. The Morgan fingerprint density at radius 3 is 2.79 bits per heavy atom. The topological polar surface area (TPSA) is 72.0 Å². The van der Waals surface area contributed by atoms with Crippen LogP contribution in [0.25, 0.3) is 10.2 Å². The van der Waals surface area contributed by atoms with E-state index in [1.54, 1.807) is 29.5 Å². The lowest BCUT2D eigenvalue weighted by atomic mass is 9.97. The molecule has 0 atom stereocenters. The van der Waals surface area contributed by atoms with E-state index < -0.39 is 0 Å². The summed E-state index contributed by atoms with van der Waals surface area (Å²) < 4.78 is 0. The summed E-state index contributed by atoms with van der Waals surface area (Å²) in [6.07, 6.45) is 4.60. The van der Waals surface area contributed by atoms with Crippen LogP contribution in [0.1, 0.15) is 46.4 Å². The van der Waals surface area contributed by atoms with Gasteiger partial charge in [0.2, 0.25) is 5.91 Å². The Hall–Kier alpha value is -2.25. The van der Waals surface area contributed by atoms with Crippen molar-refractivity contribution in [3.63, 3.8) is 0 Å². The van der Waals surface area contributed by atoms with Crippen molar-refractivity contribution in [3.05, 3.63) is 46.1 Å². The highest BCUT2D eigenvalue weighted by Gasteiger charge is 2.21. The Morgan fingerprint density at radius 1 is 1.18 bits per heavy atom. The minimum absolute atomic E-state index is 0.0680. The Morgan fingerprint density at radius 2 is 1.96 bits per heavy atom. The summed E-state index contributed by atoms with van der Waals surface area (Å²) in [6, 6.07) is 7.08. The van der Waals surface area contributed by atoms with Crippen LogP contribution in [-0.4, -0.2) is 27.4 Å². The quantitative estimate of drug-likeness (QED) is 0.370. The van der Waals surface area contributed by atoms with Gasteiger partial charge < -0.3 is 5.32 Å². The molecule has 28 heavy (non-hydrogen) atoms. The zero-order valence-electron chi connectivity index (χ0n) is 15.9. The van der Waals surface area contributed by atoms with Gasteiger partial charge in [-0.2, -0.15) is 0 Å². The smallest absolute Gasteiger partial charge is 0.234 e. The number of nitrogens with one attached hydrogen (secondary N) is 1. The lowest BCUT2D eigenvalue weighted by Gasteiger charge is -2.12. The second-order valence-corrected chi connectivity index (χ2v) is 8.95. The van der Waals surface area contributed by atoms with Gasteiger partial charge in [0.05, 0.1) is 11.4 Å². The Bertz CT molecular complexity index is 1070. The van der Waals surface area contributed by atoms with Crippen molar-refractivity contribution in [2.75, 3.05) is 11.1 Å². The third-order valence-electron chi connectivity index (χ3n) is 4.81. The van der Waals surface area contributed by atoms with Gasteiger partial charge >= 0.3 is 0 Å². The molecule has 5 nitrogen and oxygen atoms in total. The molecule has 0 spiro atoms. The highest BCUT2D eigenvalue weighted by Crippen LogP contribution is 2.39. The number of thiophene rings is 1. The van der Waals surface area contributed by atoms with Gasteiger partial charge in [0.25, 0.3) is 0 Å². The van der Waals surface area contributed by atoms with Gasteiger partial charge in [-0.1, -0.05) is 23.9 Å². The molecule has 0 bridgehead atoms. The summed E-state index contributed by atoms with van der Waals surface area (Å²) in [5.74, 6) is 0.757. The molecule has 1 aliphatic carbocycles. The Balaban J connectivity index is 1.55. The summed E-state index contributed by atoms with van der Waals surface area (Å²) in [4.78, 5) is 36.0. The first kappa shape index (κ1) is 19.1. The molecular weight excluding hydrogens is 390 g/mol. The zero-order valence-corrected chi connectivity index (χ0v) is 17.5. The Kier molecular flexibility index (Phi) is 5.46. The summed E-state index contributed by atoms with van der Waals surface area (Å²) in [5.41, 5.74) is 2.45. The van der Waals surface area contributed by atoms with E-state index in [9.17, 15) is 9.59 Å². The van der Waals surface area contributed by atoms with Crippen molar-refractivity contribution in [1.82, 2.24) is 9.97 Å². The predicted octanol–water partition coefficient (Wildman–Crippen LogP) is 4.81. The second-order valence-electron chi connectivity index (χ2n) is 6.91. The SMILES string of the molecule is CC(=O)c1ccccc1NC(=O)CSc1nc(C)nc2sc3c(c12)CCCC3. The standard InChI is InChI=1S/C21H21N3O2S2/c1-12(25)14-7-3-5-9-16(14)24-18(26)11-27-20-19-15-8-4-6-10-17(15)28-21(19)23-13(2)22-20/h3,5,7,9H,4,6,8,10-11H2,1-2H3,(H,24,26). The fourth-order valence-corrected chi connectivity index (χ4v) is 5.82. The largest absolute Gasteiger partial charge is 0.325 e. The number of para-hydroxylation sites is 1. The molecule has 0 saturated carbocycles. The fourth-order valence-electron chi connectivity index (χ4n) is 3.55. The highest BCUT2D eigenvalue weighted by molar-refractivity contribution is 8.00. The van der Waals surface area contributed by atoms with Crippen LogP contribution in [0.3, 0.4) is 0 Å². The minimum atomic E-state index is -0.146. The number of fused-ring (bicyclic) bond motifs is 3. The fraction of sp³-hybridized carbons (Fsp3) is 0.333. The lowest BCUT2D eigenvalue weighted by molar-refractivity contribution is -0.113. The molecule has 1 N–H and O–H groups in total. The maximum atomic E-state index is 12.5. The molecule has 2 heterocycles. The van der Waals surface area contributed by atoms with E-state index in [-0.39, 0.29) is 17.4 Å². The number of hydrogen-bond donors (Lipinski definition) is 1. The zero-order chi connectivity index (χ0) is 19.7. The molecule has 0 radical (unpaired) electrons. The summed E-state index contributed by atoms with van der Waals surface area (Å²) in [7, 11) is 0. The van der Waals surface area contributed by atoms with Gasteiger partial charge in [0, 0.05) is 15.8 Å². The van der Waals surface area contributed by atoms with Crippen molar-refractivity contribution in [3.8, 4) is 0 Å². The molecule has 0 unspecified atom stereocenters. The van der Waals surface area contributed by atoms with Crippen molar-refractivity contribution >= 4 is 50.7 Å². The van der Waals surface area contributed by atoms with E-state index >= 15 is 0 Å². The van der Waals surface area contributed by atoms with Crippen molar-refractivity contribution < 1.29 is 9.59 Å². The van der Waals surface area contributed by atoms with Crippen LogP contribution < -0.4 is 5.32 Å². The number of Topliss-reactive ketones (excluding diaryl/α,β-unsaturated/α-hetero) is 1. The van der Waals surface area contributed by atoms with Crippen LogP contribution >= 0.6 is 23.1 Å². The number of aryl methyl sites for hydroxylation is 3. The second kappa shape index (κ2) is 8.01. The van der Waals surface area contributed by atoms with E-state index in [4.69, 9.17) is 0 Å². The minimum Gasteiger partial charge on any atom is -0.325 e. The molecule has 1 aromatic carbocycles. The van der Waals surface area contributed by atoms with Crippen LogP contribution in [0.2, 0.25) is 0 Å². The average molecular weight is 412 g/mol. The van der Waals surface area contributed by atoms with Gasteiger partial charge in [0.15, 0.2) is 5.78 Å². The van der Waals surface area contributed by atoms with E-state index in [0.717, 1.165) is 33.9 Å². The summed E-state index contributed by atoms with van der Waals surface area (Å²) in [6.45, 7) is 3.39. The first-order valence-electron chi connectivity index (χ1n) is 9.34. The number of aromatic nitrogens is 2. The van der Waals surface area contributed by atoms with Crippen molar-refractivity contribution in [2.24, 2.45) is 0 Å². The molecule has 144 valence electrons. The average Bonchev–Trinajstić information content (AvgIpc) is 3.04. The van der Waals surface area contributed by atoms with Crippen molar-refractivity contribution in [2.45, 2.75) is 44.6 Å². The summed E-state index contributed by atoms with van der Waals surface area (Å²) >= 11 is 3.21. The number of carbonyl (C=O) groups is 2. The predicted molar refractivity (Wildman–Crippen MR) is 115 cm³/mol. The third kappa shape index (κ3) is 3.82. The monoisotopic (exact) mass is 411 g/mol. The molecule has 3 aromatic rings. The number of nitrogens with zero attached hydrogens (tertiary/aromatic N) is 2. The van der Waals surface area contributed by atoms with E-state index in [0.29, 0.717) is 11.3 Å². The highest BCUT2D eigenvalue weighted by atomic mass is 32.2. The van der Waals surface area contributed by atoms with Crippen LogP contribution in [0.15, 0.2) is 29.3 Å². The molecule has 7 heteroatoms. The molecule has 0 saturated heterocycles. The van der Waals surface area contributed by atoms with E-state index in [2.05, 4.69) is 15.3 Å². The number of thioether (sulfide) groups is 1. The van der Waals surface area contributed by atoms with E-state index in [1.807, 2.05) is 13.0 Å². The number of carbonyl (C=O) groups excluding carboxylic acids is 2. The van der Waals surface area contributed by atoms with Crippen LogP contribution in [-0.2, 0) is 17.6 Å². The Labute approximate surface area is 172 Å². The first-order chi connectivity index (χ1) is 13.5.